The standard InChI is InChI=1S/C63H68O21/c1-30(64)79-50-27-37-41(71-8)28-46(76-13)52(60(37)83-57(50)33-16-19-38(68-5)42(22-33)72-9)56-54-48(78-15)29-47(77-14)53(61(54)84-59(63(56)81-32(3)66)35-18-21-40(70-7)44(24-35)74-11)55-51-45(75-12)25-36(67-4)26-49(51)82-58(62(55)80-31(2)65)34-17-20-39(69-6)43(23-34)73-10/h16-26,28-29,50,55-59,62-63H,27H2,1-15H3/t50-,55-,56+,57-,58-,59-,62-,63-/m1/s1. The highest BCUT2D eigenvalue weighted by atomic mass is 16.6. The second kappa shape index (κ2) is 25.1. The van der Waals surface area contributed by atoms with Crippen LogP contribution in [-0.2, 0) is 35.0 Å². The molecule has 0 fully saturated rings. The van der Waals surface area contributed by atoms with Gasteiger partial charge < -0.3 is 85.3 Å². The Kier molecular flexibility index (Phi) is 17.7. The van der Waals surface area contributed by atoms with Crippen LogP contribution >= 0.6 is 0 Å². The molecule has 21 nitrogen and oxygen atoms in total. The molecule has 3 heterocycles. The van der Waals surface area contributed by atoms with Gasteiger partial charge in [-0.15, -0.1) is 0 Å². The van der Waals surface area contributed by atoms with Gasteiger partial charge in [0.1, 0.15) is 57.8 Å². The molecule has 0 amide bonds. The molecule has 0 bridgehead atoms. The van der Waals surface area contributed by atoms with E-state index in [1.165, 1.54) is 106 Å². The first kappa shape index (κ1) is 59.4. The molecule has 0 N–H and O–H groups in total. The van der Waals surface area contributed by atoms with Crippen LogP contribution in [-0.4, -0.2) is 122 Å². The molecular formula is C63H68O21. The van der Waals surface area contributed by atoms with Gasteiger partial charge >= 0.3 is 17.9 Å². The third-order valence-corrected chi connectivity index (χ3v) is 15.2. The largest absolute Gasteiger partial charge is 0.496 e. The van der Waals surface area contributed by atoms with Crippen LogP contribution in [0, 0.1) is 0 Å². The summed E-state index contributed by atoms with van der Waals surface area (Å²) < 4.78 is 113. The summed E-state index contributed by atoms with van der Waals surface area (Å²) in [5, 5.41) is 0. The lowest BCUT2D eigenvalue weighted by atomic mass is 9.73. The zero-order valence-electron chi connectivity index (χ0n) is 49.4. The van der Waals surface area contributed by atoms with E-state index in [-0.39, 0.29) is 46.7 Å². The maximum Gasteiger partial charge on any atom is 0.303 e. The Morgan fingerprint density at radius 2 is 0.726 bits per heavy atom. The minimum atomic E-state index is -1.33. The number of benzene rings is 6. The van der Waals surface area contributed by atoms with Crippen molar-refractivity contribution in [3.63, 3.8) is 0 Å². The molecule has 6 aromatic rings. The van der Waals surface area contributed by atoms with Crippen LogP contribution in [0.2, 0.25) is 0 Å². The molecule has 0 saturated carbocycles. The molecule has 0 saturated heterocycles. The topological polar surface area (TPSA) is 217 Å². The molecule has 6 aromatic carbocycles. The van der Waals surface area contributed by atoms with E-state index in [4.69, 9.17) is 85.3 Å². The lowest BCUT2D eigenvalue weighted by Gasteiger charge is -2.45. The minimum Gasteiger partial charge on any atom is -0.496 e. The molecule has 21 heteroatoms. The van der Waals surface area contributed by atoms with Crippen molar-refractivity contribution in [2.75, 3.05) is 85.3 Å². The van der Waals surface area contributed by atoms with Crippen molar-refractivity contribution < 1.29 is 99.6 Å². The summed E-state index contributed by atoms with van der Waals surface area (Å²) in [5.74, 6) is 0.426. The SMILES string of the molecule is COc1cc(OC)c2c(c1)O[C@H](c1ccc(OC)c(OC)c1)[C@H](OC(C)=O)[C@H]2c1c(OC)cc(OC)c2c1O[C@H](c1ccc(OC)c(OC)c1)[C@H](OC(C)=O)[C@H]2c1c(OC)cc(OC)c2c1O[C@H](c1ccc(OC)c(OC)c1)[C@H](OC(C)=O)C2. The van der Waals surface area contributed by atoms with Crippen LogP contribution in [0.1, 0.15) is 95.4 Å². The number of ether oxygens (including phenoxy) is 18. The van der Waals surface area contributed by atoms with Crippen LogP contribution in [0.25, 0.3) is 0 Å². The number of hydrogen-bond donors (Lipinski definition) is 0. The van der Waals surface area contributed by atoms with Gasteiger partial charge in [0.2, 0.25) is 0 Å². The lowest BCUT2D eigenvalue weighted by molar-refractivity contribution is -0.154. The van der Waals surface area contributed by atoms with Crippen molar-refractivity contribution >= 4 is 17.9 Å². The molecule has 3 aliphatic rings. The lowest BCUT2D eigenvalue weighted by Crippen LogP contribution is -2.42. The van der Waals surface area contributed by atoms with Gasteiger partial charge in [0.15, 0.2) is 65.0 Å². The zero-order valence-corrected chi connectivity index (χ0v) is 49.4. The summed E-state index contributed by atoms with van der Waals surface area (Å²) >= 11 is 0. The highest BCUT2D eigenvalue weighted by Gasteiger charge is 2.54. The fourth-order valence-corrected chi connectivity index (χ4v) is 11.7. The number of carbonyl (C=O) groups excluding carboxylic acids is 3. The minimum absolute atomic E-state index is 0.0518. The predicted octanol–water partition coefficient (Wildman–Crippen LogP) is 9.79. The highest BCUT2D eigenvalue weighted by molar-refractivity contribution is 5.74. The number of esters is 3. The van der Waals surface area contributed by atoms with E-state index in [0.29, 0.717) is 90.5 Å². The molecule has 0 aliphatic carbocycles. The van der Waals surface area contributed by atoms with Crippen molar-refractivity contribution in [1.29, 1.82) is 0 Å². The van der Waals surface area contributed by atoms with Crippen molar-refractivity contribution in [1.82, 2.24) is 0 Å². The van der Waals surface area contributed by atoms with Crippen molar-refractivity contribution in [3.05, 3.63) is 123 Å². The Hall–Kier alpha value is -9.27. The smallest absolute Gasteiger partial charge is 0.303 e. The van der Waals surface area contributed by atoms with E-state index < -0.39 is 66.4 Å². The summed E-state index contributed by atoms with van der Waals surface area (Å²) in [6, 6.07) is 22.5. The Morgan fingerprint density at radius 3 is 1.14 bits per heavy atom. The fraction of sp³-hybridized carbons (Fsp3) is 0.381. The number of hydrogen-bond acceptors (Lipinski definition) is 21. The Labute approximate surface area is 486 Å². The molecule has 0 unspecified atom stereocenters. The Morgan fingerprint density at radius 1 is 0.357 bits per heavy atom. The van der Waals surface area contributed by atoms with E-state index in [1.807, 2.05) is 0 Å². The third-order valence-electron chi connectivity index (χ3n) is 15.2. The summed E-state index contributed by atoms with van der Waals surface area (Å²) in [5.41, 5.74) is 3.38. The highest BCUT2D eigenvalue weighted by Crippen LogP contribution is 2.64. The second-order valence-corrected chi connectivity index (χ2v) is 19.6. The third kappa shape index (κ3) is 10.8. The summed E-state index contributed by atoms with van der Waals surface area (Å²) in [6.45, 7) is 3.91. The second-order valence-electron chi connectivity index (χ2n) is 19.6. The van der Waals surface area contributed by atoms with Gasteiger partial charge in [0, 0.05) is 96.0 Å². The first-order valence-electron chi connectivity index (χ1n) is 26.6. The average molecular weight is 1160 g/mol. The average Bonchev–Trinajstić information content (AvgIpc) is 0.791. The van der Waals surface area contributed by atoms with Crippen molar-refractivity contribution in [3.8, 4) is 86.2 Å². The van der Waals surface area contributed by atoms with Crippen LogP contribution in [0.3, 0.4) is 0 Å². The Balaban J connectivity index is 1.45. The molecule has 446 valence electrons. The van der Waals surface area contributed by atoms with Gasteiger partial charge in [-0.05, 0) is 36.4 Å². The molecule has 84 heavy (non-hydrogen) atoms. The molecule has 0 spiro atoms. The van der Waals surface area contributed by atoms with E-state index in [9.17, 15) is 14.4 Å². The quantitative estimate of drug-likeness (QED) is 0.0513. The molecule has 0 radical (unpaired) electrons. The van der Waals surface area contributed by atoms with Crippen LogP contribution in [0.4, 0.5) is 0 Å². The molecule has 8 atom stereocenters. The molecule has 9 rings (SSSR count). The van der Waals surface area contributed by atoms with E-state index in [2.05, 4.69) is 0 Å². The van der Waals surface area contributed by atoms with Gasteiger partial charge in [0.05, 0.1) is 97.2 Å². The normalized spacial score (nSPS) is 20.0. The summed E-state index contributed by atoms with van der Waals surface area (Å²) in [4.78, 5) is 41.0. The zero-order chi connectivity index (χ0) is 60.3. The number of rotatable bonds is 20. The van der Waals surface area contributed by atoms with Gasteiger partial charge in [-0.3, -0.25) is 14.4 Å². The van der Waals surface area contributed by atoms with E-state index in [0.717, 1.165) is 0 Å². The summed E-state index contributed by atoms with van der Waals surface area (Å²) in [7, 11) is 18.0. The monoisotopic (exact) mass is 1160 g/mol. The van der Waals surface area contributed by atoms with Crippen molar-refractivity contribution in [2.24, 2.45) is 0 Å². The first-order chi connectivity index (χ1) is 40.6. The summed E-state index contributed by atoms with van der Waals surface area (Å²) in [6.07, 6.45) is -6.83. The first-order valence-corrected chi connectivity index (χ1v) is 26.6. The van der Waals surface area contributed by atoms with Crippen LogP contribution in [0.5, 0.6) is 86.2 Å². The maximum absolute atomic E-state index is 14.0. The van der Waals surface area contributed by atoms with Gasteiger partial charge in [-0.2, -0.15) is 0 Å². The molecule has 3 aliphatic heterocycles. The van der Waals surface area contributed by atoms with Gasteiger partial charge in [-0.1, -0.05) is 18.2 Å². The Bertz CT molecular complexity index is 3450. The fourth-order valence-electron chi connectivity index (χ4n) is 11.7. The van der Waals surface area contributed by atoms with Crippen LogP contribution in [0.15, 0.2) is 78.9 Å². The van der Waals surface area contributed by atoms with Crippen LogP contribution < -0.4 is 71.1 Å². The van der Waals surface area contributed by atoms with E-state index in [1.54, 1.807) is 78.9 Å². The predicted molar refractivity (Wildman–Crippen MR) is 301 cm³/mol. The molecule has 0 aromatic heterocycles. The van der Waals surface area contributed by atoms with Crippen molar-refractivity contribution in [2.45, 2.75) is 75.7 Å². The van der Waals surface area contributed by atoms with E-state index >= 15 is 0 Å². The van der Waals surface area contributed by atoms with Gasteiger partial charge in [-0.25, -0.2) is 0 Å². The molecular weight excluding hydrogens is 1090 g/mol. The maximum atomic E-state index is 14.0. The number of fused-ring (bicyclic) bond motifs is 3. The number of carbonyl (C=O) groups is 3. The number of methoxy groups -OCH3 is 12. The van der Waals surface area contributed by atoms with Gasteiger partial charge in [0.25, 0.3) is 0 Å².